The number of unbranched alkanes of at least 4 members (excludes halogenated alkanes) is 1. The number of aliphatic hydroxyl groups is 1. The summed E-state index contributed by atoms with van der Waals surface area (Å²) >= 11 is 0. The molecule has 19 heavy (non-hydrogen) atoms. The van der Waals surface area contributed by atoms with Crippen LogP contribution in [0.4, 0.5) is 5.69 Å². The van der Waals surface area contributed by atoms with Crippen LogP contribution in [0.1, 0.15) is 12.8 Å². The van der Waals surface area contributed by atoms with Crippen molar-refractivity contribution in [2.24, 2.45) is 0 Å². The fourth-order valence-corrected chi connectivity index (χ4v) is 1.72. The molecule has 1 rings (SSSR count). The van der Waals surface area contributed by atoms with Crippen LogP contribution in [0, 0.1) is 0 Å². The Morgan fingerprint density at radius 1 is 1.32 bits per heavy atom. The van der Waals surface area contributed by atoms with Gasteiger partial charge in [0.25, 0.3) is 0 Å². The molecule has 0 spiro atoms. The van der Waals surface area contributed by atoms with Gasteiger partial charge in [-0.3, -0.25) is 4.79 Å². The topological polar surface area (TPSA) is 52.6 Å². The van der Waals surface area contributed by atoms with Crippen molar-refractivity contribution in [1.82, 2.24) is 5.32 Å². The summed E-state index contributed by atoms with van der Waals surface area (Å²) in [4.78, 5) is 13.4. The highest BCUT2D eigenvalue weighted by atomic mass is 16.2. The third-order valence-electron chi connectivity index (χ3n) is 2.79. The van der Waals surface area contributed by atoms with E-state index in [4.69, 9.17) is 5.11 Å². The smallest absolute Gasteiger partial charge is 0.243 e. The van der Waals surface area contributed by atoms with Gasteiger partial charge in [0.15, 0.2) is 0 Å². The number of nitrogens with zero attached hydrogens (tertiary/aromatic N) is 1. The van der Waals surface area contributed by atoms with Crippen LogP contribution >= 0.6 is 0 Å². The SMILES string of the molecule is CN(CCCCNC(=O)C=CCO)c1ccccc1. The van der Waals surface area contributed by atoms with Crippen molar-refractivity contribution in [3.63, 3.8) is 0 Å². The Labute approximate surface area is 114 Å². The van der Waals surface area contributed by atoms with Gasteiger partial charge in [-0.05, 0) is 25.0 Å². The second-order valence-corrected chi connectivity index (χ2v) is 4.34. The molecule has 0 aliphatic rings. The molecule has 0 aliphatic carbocycles. The molecule has 0 heterocycles. The zero-order chi connectivity index (χ0) is 13.9. The summed E-state index contributed by atoms with van der Waals surface area (Å²) in [6.07, 6.45) is 4.75. The highest BCUT2D eigenvalue weighted by molar-refractivity contribution is 5.87. The summed E-state index contributed by atoms with van der Waals surface area (Å²) in [5, 5.41) is 11.3. The number of carbonyl (C=O) groups excluding carboxylic acids is 1. The first-order chi connectivity index (χ1) is 9.24. The molecule has 4 nitrogen and oxygen atoms in total. The summed E-state index contributed by atoms with van der Waals surface area (Å²) in [5.41, 5.74) is 1.21. The second-order valence-electron chi connectivity index (χ2n) is 4.34. The lowest BCUT2D eigenvalue weighted by molar-refractivity contribution is -0.116. The maximum Gasteiger partial charge on any atom is 0.243 e. The number of hydrogen-bond acceptors (Lipinski definition) is 3. The van der Waals surface area contributed by atoms with Gasteiger partial charge in [-0.25, -0.2) is 0 Å². The largest absolute Gasteiger partial charge is 0.392 e. The van der Waals surface area contributed by atoms with Gasteiger partial charge >= 0.3 is 0 Å². The summed E-state index contributed by atoms with van der Waals surface area (Å²) < 4.78 is 0. The molecule has 1 amide bonds. The van der Waals surface area contributed by atoms with Gasteiger partial charge in [0.1, 0.15) is 0 Å². The van der Waals surface area contributed by atoms with E-state index in [1.165, 1.54) is 17.8 Å². The van der Waals surface area contributed by atoms with Gasteiger partial charge in [-0.2, -0.15) is 0 Å². The number of rotatable bonds is 8. The molecule has 2 N–H and O–H groups in total. The number of nitrogens with one attached hydrogen (secondary N) is 1. The molecule has 0 saturated carbocycles. The Bertz CT molecular complexity index is 390. The van der Waals surface area contributed by atoms with Crippen molar-refractivity contribution in [2.45, 2.75) is 12.8 Å². The van der Waals surface area contributed by atoms with Gasteiger partial charge in [-0.1, -0.05) is 24.3 Å². The fourth-order valence-electron chi connectivity index (χ4n) is 1.72. The van der Waals surface area contributed by atoms with Crippen molar-refractivity contribution >= 4 is 11.6 Å². The normalized spacial score (nSPS) is 10.6. The lowest BCUT2D eigenvalue weighted by atomic mass is 10.2. The minimum atomic E-state index is -0.148. The van der Waals surface area contributed by atoms with E-state index in [0.29, 0.717) is 6.54 Å². The van der Waals surface area contributed by atoms with E-state index in [0.717, 1.165) is 19.4 Å². The van der Waals surface area contributed by atoms with Gasteiger partial charge in [0, 0.05) is 31.9 Å². The Morgan fingerprint density at radius 2 is 2.05 bits per heavy atom. The molecule has 1 aromatic rings. The quantitative estimate of drug-likeness (QED) is 0.552. The van der Waals surface area contributed by atoms with Crippen LogP contribution in [0.5, 0.6) is 0 Å². The summed E-state index contributed by atoms with van der Waals surface area (Å²) in [7, 11) is 2.07. The molecule has 0 fully saturated rings. The third-order valence-corrected chi connectivity index (χ3v) is 2.79. The number of amides is 1. The molecule has 4 heteroatoms. The minimum absolute atomic E-state index is 0.102. The van der Waals surface area contributed by atoms with Crippen molar-refractivity contribution in [1.29, 1.82) is 0 Å². The number of anilines is 1. The van der Waals surface area contributed by atoms with E-state index < -0.39 is 0 Å². The Balaban J connectivity index is 2.11. The first-order valence-corrected chi connectivity index (χ1v) is 6.55. The van der Waals surface area contributed by atoms with Crippen LogP contribution in [0.3, 0.4) is 0 Å². The molecule has 104 valence electrons. The lowest BCUT2D eigenvalue weighted by Crippen LogP contribution is -2.24. The van der Waals surface area contributed by atoms with Crippen molar-refractivity contribution in [3.05, 3.63) is 42.5 Å². The zero-order valence-corrected chi connectivity index (χ0v) is 11.4. The molecule has 0 saturated heterocycles. The molecule has 0 unspecified atom stereocenters. The molecule has 0 aliphatic heterocycles. The van der Waals surface area contributed by atoms with E-state index in [9.17, 15) is 4.79 Å². The Morgan fingerprint density at radius 3 is 2.74 bits per heavy atom. The van der Waals surface area contributed by atoms with E-state index in [1.807, 2.05) is 18.2 Å². The predicted molar refractivity (Wildman–Crippen MR) is 78.2 cm³/mol. The zero-order valence-electron chi connectivity index (χ0n) is 11.4. The van der Waals surface area contributed by atoms with E-state index in [1.54, 1.807) is 0 Å². The molecular formula is C15H22N2O2. The van der Waals surface area contributed by atoms with Crippen molar-refractivity contribution in [3.8, 4) is 0 Å². The van der Waals surface area contributed by atoms with Crippen LogP contribution in [-0.2, 0) is 4.79 Å². The first-order valence-electron chi connectivity index (χ1n) is 6.55. The Kier molecular flexibility index (Phi) is 7.35. The van der Waals surface area contributed by atoms with E-state index >= 15 is 0 Å². The van der Waals surface area contributed by atoms with Gasteiger partial charge in [0.2, 0.25) is 5.91 Å². The van der Waals surface area contributed by atoms with Gasteiger partial charge < -0.3 is 15.3 Å². The first kappa shape index (κ1) is 15.2. The highest BCUT2D eigenvalue weighted by Crippen LogP contribution is 2.11. The van der Waals surface area contributed by atoms with Crippen LogP contribution < -0.4 is 10.2 Å². The maximum absolute atomic E-state index is 11.2. The summed E-state index contributed by atoms with van der Waals surface area (Å²) in [6, 6.07) is 10.2. The van der Waals surface area contributed by atoms with Crippen LogP contribution in [0.2, 0.25) is 0 Å². The second kappa shape index (κ2) is 9.16. The molecule has 0 atom stereocenters. The average molecular weight is 262 g/mol. The van der Waals surface area contributed by atoms with E-state index in [-0.39, 0.29) is 12.5 Å². The monoisotopic (exact) mass is 262 g/mol. The number of carbonyl (C=O) groups is 1. The van der Waals surface area contributed by atoms with Crippen LogP contribution in [0.15, 0.2) is 42.5 Å². The van der Waals surface area contributed by atoms with E-state index in [2.05, 4.69) is 29.4 Å². The Hall–Kier alpha value is -1.81. The van der Waals surface area contributed by atoms with Crippen LogP contribution in [0.25, 0.3) is 0 Å². The van der Waals surface area contributed by atoms with Gasteiger partial charge in [-0.15, -0.1) is 0 Å². The third kappa shape index (κ3) is 6.62. The number of benzene rings is 1. The number of aliphatic hydroxyl groups excluding tert-OH is 1. The fraction of sp³-hybridized carbons (Fsp3) is 0.400. The number of hydrogen-bond donors (Lipinski definition) is 2. The van der Waals surface area contributed by atoms with Crippen molar-refractivity contribution in [2.75, 3.05) is 31.6 Å². The minimum Gasteiger partial charge on any atom is -0.392 e. The van der Waals surface area contributed by atoms with Crippen LogP contribution in [-0.4, -0.2) is 37.8 Å². The molecule has 1 aromatic carbocycles. The standard InChI is InChI=1S/C15H22N2O2/c1-17(14-8-3-2-4-9-14)12-6-5-11-16-15(19)10-7-13-18/h2-4,7-10,18H,5-6,11-13H2,1H3,(H,16,19). The maximum atomic E-state index is 11.2. The molecule has 0 bridgehead atoms. The van der Waals surface area contributed by atoms with Crippen molar-refractivity contribution < 1.29 is 9.90 Å². The number of para-hydroxylation sites is 1. The predicted octanol–water partition coefficient (Wildman–Crippen LogP) is 1.57. The molecular weight excluding hydrogens is 240 g/mol. The van der Waals surface area contributed by atoms with Gasteiger partial charge in [0.05, 0.1) is 6.61 Å². The summed E-state index contributed by atoms with van der Waals surface area (Å²) in [5.74, 6) is -0.148. The summed E-state index contributed by atoms with van der Waals surface area (Å²) in [6.45, 7) is 1.53. The molecule has 0 aromatic heterocycles. The highest BCUT2D eigenvalue weighted by Gasteiger charge is 1.99. The molecule has 0 radical (unpaired) electrons. The lowest BCUT2D eigenvalue weighted by Gasteiger charge is -2.18. The average Bonchev–Trinajstić information content (AvgIpc) is 2.45.